The summed E-state index contributed by atoms with van der Waals surface area (Å²) in [6.45, 7) is 2.26. The number of amides is 2. The molecule has 142 valence electrons. The van der Waals surface area contributed by atoms with Crippen molar-refractivity contribution in [2.24, 2.45) is 11.8 Å². The molecule has 6 nitrogen and oxygen atoms in total. The molecule has 0 radical (unpaired) electrons. The molecule has 0 aromatic rings. The van der Waals surface area contributed by atoms with E-state index in [9.17, 15) is 14.0 Å². The van der Waals surface area contributed by atoms with Gasteiger partial charge in [-0.3, -0.25) is 14.9 Å². The highest BCUT2D eigenvalue weighted by Gasteiger charge is 2.32. The van der Waals surface area contributed by atoms with E-state index in [0.29, 0.717) is 44.2 Å². The van der Waals surface area contributed by atoms with E-state index in [2.05, 4.69) is 16.0 Å². The molecule has 5 unspecified atom stereocenters. The minimum Gasteiger partial charge on any atom is -0.345 e. The zero-order valence-electron chi connectivity index (χ0n) is 15.1. The first-order valence-electron chi connectivity index (χ1n) is 9.65. The number of nitrogens with one attached hydrogen (secondary N) is 3. The number of piperazine rings is 1. The highest BCUT2D eigenvalue weighted by molar-refractivity contribution is 5.77. The van der Waals surface area contributed by atoms with Gasteiger partial charge in [0.15, 0.2) is 0 Å². The molecule has 25 heavy (non-hydrogen) atoms. The first-order chi connectivity index (χ1) is 12.0. The van der Waals surface area contributed by atoms with Crippen LogP contribution in [0.4, 0.5) is 4.39 Å². The fourth-order valence-electron chi connectivity index (χ4n) is 4.42. The molecule has 3 fully saturated rings. The smallest absolute Gasteiger partial charge is 0.222 e. The van der Waals surface area contributed by atoms with Crippen LogP contribution in [0.2, 0.25) is 0 Å². The Hall–Kier alpha value is -1.21. The van der Waals surface area contributed by atoms with Gasteiger partial charge >= 0.3 is 0 Å². The third-order valence-electron chi connectivity index (χ3n) is 5.93. The molecule has 5 atom stereocenters. The molecule has 0 aromatic heterocycles. The van der Waals surface area contributed by atoms with Gasteiger partial charge in [-0.05, 0) is 37.5 Å². The van der Waals surface area contributed by atoms with Crippen molar-refractivity contribution in [3.63, 3.8) is 0 Å². The third kappa shape index (κ3) is 5.14. The molecule has 0 bridgehead atoms. The average Bonchev–Trinajstić information content (AvgIpc) is 2.58. The number of alkyl halides is 1. The van der Waals surface area contributed by atoms with Crippen LogP contribution >= 0.6 is 0 Å². The lowest BCUT2D eigenvalue weighted by Crippen LogP contribution is -2.63. The van der Waals surface area contributed by atoms with Gasteiger partial charge in [-0.2, -0.15) is 0 Å². The standard InChI is InChI=1S/C18H31FN4O2/c1-23-11-13(5-6-18(23)25)15-9-21-16(10-20-15)22-17(24)8-12-3-2-4-14(19)7-12/h12-16,20-21H,2-11H2,1H3,(H,22,24). The van der Waals surface area contributed by atoms with Crippen LogP contribution in [0.25, 0.3) is 0 Å². The lowest BCUT2D eigenvalue weighted by atomic mass is 9.85. The maximum absolute atomic E-state index is 13.4. The van der Waals surface area contributed by atoms with Gasteiger partial charge < -0.3 is 15.5 Å². The number of rotatable bonds is 4. The monoisotopic (exact) mass is 354 g/mol. The van der Waals surface area contributed by atoms with Crippen molar-refractivity contribution >= 4 is 11.8 Å². The summed E-state index contributed by atoms with van der Waals surface area (Å²) < 4.78 is 13.4. The Kier molecular flexibility index (Phi) is 6.28. The molecule has 1 saturated carbocycles. The summed E-state index contributed by atoms with van der Waals surface area (Å²) in [5, 5.41) is 9.93. The zero-order valence-corrected chi connectivity index (χ0v) is 15.1. The fourth-order valence-corrected chi connectivity index (χ4v) is 4.42. The van der Waals surface area contributed by atoms with Crippen LogP contribution in [-0.4, -0.2) is 61.8 Å². The Morgan fingerprint density at radius 2 is 2.12 bits per heavy atom. The quantitative estimate of drug-likeness (QED) is 0.697. The summed E-state index contributed by atoms with van der Waals surface area (Å²) in [6.07, 6.45) is 4.19. The van der Waals surface area contributed by atoms with Gasteiger partial charge in [0, 0.05) is 45.6 Å². The summed E-state index contributed by atoms with van der Waals surface area (Å²) in [7, 11) is 1.86. The van der Waals surface area contributed by atoms with Crippen LogP contribution in [0.5, 0.6) is 0 Å². The molecule has 0 aromatic carbocycles. The van der Waals surface area contributed by atoms with Gasteiger partial charge in [-0.1, -0.05) is 6.42 Å². The summed E-state index contributed by atoms with van der Waals surface area (Å²) >= 11 is 0. The van der Waals surface area contributed by atoms with E-state index in [4.69, 9.17) is 0 Å². The maximum Gasteiger partial charge on any atom is 0.222 e. The molecule has 3 N–H and O–H groups in total. The highest BCUT2D eigenvalue weighted by Crippen LogP contribution is 2.28. The van der Waals surface area contributed by atoms with E-state index in [-0.39, 0.29) is 23.9 Å². The second kappa shape index (κ2) is 8.45. The Balaban J connectivity index is 1.37. The predicted molar refractivity (Wildman–Crippen MR) is 93.6 cm³/mol. The van der Waals surface area contributed by atoms with Crippen molar-refractivity contribution in [1.29, 1.82) is 0 Å². The molecule has 7 heteroatoms. The van der Waals surface area contributed by atoms with Crippen molar-refractivity contribution in [3.8, 4) is 0 Å². The van der Waals surface area contributed by atoms with Gasteiger partial charge in [-0.15, -0.1) is 0 Å². The Labute approximate surface area is 149 Å². The van der Waals surface area contributed by atoms with Crippen molar-refractivity contribution in [2.45, 2.75) is 63.3 Å². The molecule has 0 spiro atoms. The fraction of sp³-hybridized carbons (Fsp3) is 0.889. The van der Waals surface area contributed by atoms with Crippen LogP contribution < -0.4 is 16.0 Å². The van der Waals surface area contributed by atoms with Crippen LogP contribution in [0.1, 0.15) is 44.9 Å². The van der Waals surface area contributed by atoms with Gasteiger partial charge in [0.25, 0.3) is 0 Å². The number of carbonyl (C=O) groups excluding carboxylic acids is 2. The lowest BCUT2D eigenvalue weighted by molar-refractivity contribution is -0.133. The summed E-state index contributed by atoms with van der Waals surface area (Å²) in [5.74, 6) is 0.877. The third-order valence-corrected chi connectivity index (χ3v) is 5.93. The highest BCUT2D eigenvalue weighted by atomic mass is 19.1. The van der Waals surface area contributed by atoms with E-state index >= 15 is 0 Å². The number of halogens is 1. The van der Waals surface area contributed by atoms with E-state index in [0.717, 1.165) is 32.4 Å². The van der Waals surface area contributed by atoms with Crippen molar-refractivity contribution < 1.29 is 14.0 Å². The number of likely N-dealkylation sites (tertiary alicyclic amines) is 1. The number of nitrogens with zero attached hydrogens (tertiary/aromatic N) is 1. The second-order valence-corrected chi connectivity index (χ2v) is 7.95. The van der Waals surface area contributed by atoms with Crippen LogP contribution in [-0.2, 0) is 9.59 Å². The molecular weight excluding hydrogens is 323 g/mol. The van der Waals surface area contributed by atoms with Crippen LogP contribution in [0.3, 0.4) is 0 Å². The maximum atomic E-state index is 13.4. The largest absolute Gasteiger partial charge is 0.345 e. The minimum atomic E-state index is -0.734. The molecule has 2 amide bonds. The molecule has 2 saturated heterocycles. The predicted octanol–water partition coefficient (Wildman–Crippen LogP) is 0.777. The van der Waals surface area contributed by atoms with Crippen molar-refractivity contribution in [1.82, 2.24) is 20.9 Å². The number of piperidine rings is 1. The minimum absolute atomic E-state index is 0.0137. The van der Waals surface area contributed by atoms with Gasteiger partial charge in [0.2, 0.25) is 11.8 Å². The lowest BCUT2D eigenvalue weighted by Gasteiger charge is -2.39. The molecule has 1 aliphatic carbocycles. The van der Waals surface area contributed by atoms with Crippen LogP contribution in [0, 0.1) is 11.8 Å². The Morgan fingerprint density at radius 3 is 2.80 bits per heavy atom. The summed E-state index contributed by atoms with van der Waals surface area (Å²) in [6, 6.07) is 0.328. The van der Waals surface area contributed by atoms with Crippen molar-refractivity contribution in [3.05, 3.63) is 0 Å². The normalized spacial score (nSPS) is 37.0. The first kappa shape index (κ1) is 18.6. The topological polar surface area (TPSA) is 73.5 Å². The van der Waals surface area contributed by atoms with Gasteiger partial charge in [-0.25, -0.2) is 4.39 Å². The van der Waals surface area contributed by atoms with Gasteiger partial charge in [0.1, 0.15) is 6.17 Å². The summed E-state index contributed by atoms with van der Waals surface area (Å²) in [5.41, 5.74) is 0. The Morgan fingerprint density at radius 1 is 1.28 bits per heavy atom. The number of carbonyl (C=O) groups is 2. The number of hydrogen-bond acceptors (Lipinski definition) is 4. The first-order valence-corrected chi connectivity index (χ1v) is 9.65. The number of hydrogen-bond donors (Lipinski definition) is 3. The van der Waals surface area contributed by atoms with E-state index in [1.165, 1.54) is 0 Å². The zero-order chi connectivity index (χ0) is 17.8. The molecular formula is C18H31FN4O2. The second-order valence-electron chi connectivity index (χ2n) is 7.95. The van der Waals surface area contributed by atoms with Gasteiger partial charge in [0.05, 0.1) is 6.17 Å². The van der Waals surface area contributed by atoms with Crippen LogP contribution in [0.15, 0.2) is 0 Å². The molecule has 2 aliphatic heterocycles. The van der Waals surface area contributed by atoms with E-state index in [1.54, 1.807) is 0 Å². The van der Waals surface area contributed by atoms with Crippen molar-refractivity contribution in [2.75, 3.05) is 26.7 Å². The molecule has 3 aliphatic rings. The van der Waals surface area contributed by atoms with E-state index in [1.807, 2.05) is 11.9 Å². The SMILES string of the molecule is CN1CC(C2CNC(NC(=O)CC3CCCC(F)C3)CN2)CCC1=O. The molecule has 3 rings (SSSR count). The Bertz CT molecular complexity index is 482. The van der Waals surface area contributed by atoms with E-state index < -0.39 is 6.17 Å². The summed E-state index contributed by atoms with van der Waals surface area (Å²) in [4.78, 5) is 25.6. The average molecular weight is 354 g/mol. The molecule has 2 heterocycles.